The van der Waals surface area contributed by atoms with Crippen LogP contribution in [0.3, 0.4) is 0 Å². The zero-order valence-corrected chi connectivity index (χ0v) is 10.1. The van der Waals surface area contributed by atoms with Crippen LogP contribution in [0.1, 0.15) is 18.9 Å². The van der Waals surface area contributed by atoms with Crippen LogP contribution in [0.15, 0.2) is 24.3 Å². The van der Waals surface area contributed by atoms with Crippen LogP contribution in [-0.4, -0.2) is 24.4 Å². The van der Waals surface area contributed by atoms with E-state index in [2.05, 4.69) is 11.2 Å². The van der Waals surface area contributed by atoms with Crippen molar-refractivity contribution in [3.63, 3.8) is 0 Å². The van der Waals surface area contributed by atoms with Crippen LogP contribution in [0, 0.1) is 12.3 Å². The minimum atomic E-state index is 0.121. The van der Waals surface area contributed by atoms with Crippen molar-refractivity contribution in [3.05, 3.63) is 29.8 Å². The maximum absolute atomic E-state index is 9.09. The molecule has 0 spiro atoms. The lowest BCUT2D eigenvalue weighted by atomic mass is 10.1. The lowest BCUT2D eigenvalue weighted by molar-refractivity contribution is 0.237. The highest BCUT2D eigenvalue weighted by molar-refractivity contribution is 5.33. The summed E-state index contributed by atoms with van der Waals surface area (Å²) in [6.07, 6.45) is 6.06. The first-order valence-electron chi connectivity index (χ1n) is 5.80. The molecule has 0 radical (unpaired) electrons. The Hall–Kier alpha value is -1.50. The quantitative estimate of drug-likeness (QED) is 0.702. The number of terminal acetylenes is 1. The predicted molar refractivity (Wildman–Crippen MR) is 68.8 cm³/mol. The number of para-hydroxylation sites is 1. The van der Waals surface area contributed by atoms with Crippen LogP contribution >= 0.6 is 0 Å². The molecule has 1 rings (SSSR count). The molecule has 0 heterocycles. The SMILES string of the molecule is C#CCOc1ccccc1CNC(CC)CO. The standard InChI is InChI=1S/C14H19NO2/c1-3-9-17-14-8-6-5-7-12(14)10-15-13(4-2)11-16/h1,5-8,13,15-16H,4,9-11H2,2H3. The van der Waals surface area contributed by atoms with Crippen LogP contribution in [-0.2, 0) is 6.54 Å². The fourth-order valence-electron chi connectivity index (χ4n) is 1.50. The molecule has 1 atom stereocenters. The lowest BCUT2D eigenvalue weighted by Crippen LogP contribution is -2.31. The third-order valence-corrected chi connectivity index (χ3v) is 2.58. The average molecular weight is 233 g/mol. The number of benzene rings is 1. The van der Waals surface area contributed by atoms with E-state index in [-0.39, 0.29) is 19.3 Å². The predicted octanol–water partition coefficient (Wildman–Crippen LogP) is 1.56. The van der Waals surface area contributed by atoms with Crippen molar-refractivity contribution in [2.75, 3.05) is 13.2 Å². The zero-order valence-electron chi connectivity index (χ0n) is 10.1. The minimum absolute atomic E-state index is 0.121. The lowest BCUT2D eigenvalue weighted by Gasteiger charge is -2.15. The monoisotopic (exact) mass is 233 g/mol. The maximum Gasteiger partial charge on any atom is 0.148 e. The van der Waals surface area contributed by atoms with E-state index in [9.17, 15) is 0 Å². The molecule has 92 valence electrons. The summed E-state index contributed by atoms with van der Waals surface area (Å²) in [5.41, 5.74) is 1.05. The summed E-state index contributed by atoms with van der Waals surface area (Å²) in [7, 11) is 0. The highest BCUT2D eigenvalue weighted by atomic mass is 16.5. The molecule has 0 aliphatic carbocycles. The van der Waals surface area contributed by atoms with Crippen molar-refractivity contribution in [1.82, 2.24) is 5.32 Å². The van der Waals surface area contributed by atoms with Gasteiger partial charge in [0.15, 0.2) is 0 Å². The van der Waals surface area contributed by atoms with E-state index < -0.39 is 0 Å². The van der Waals surface area contributed by atoms with E-state index in [1.807, 2.05) is 31.2 Å². The minimum Gasteiger partial charge on any atom is -0.481 e. The third-order valence-electron chi connectivity index (χ3n) is 2.58. The van der Waals surface area contributed by atoms with E-state index >= 15 is 0 Å². The Morgan fingerprint density at radius 3 is 2.88 bits per heavy atom. The number of hydrogen-bond donors (Lipinski definition) is 2. The summed E-state index contributed by atoms with van der Waals surface area (Å²) in [5.74, 6) is 3.24. The summed E-state index contributed by atoms with van der Waals surface area (Å²) in [6.45, 7) is 3.12. The molecule has 0 saturated heterocycles. The fourth-order valence-corrected chi connectivity index (χ4v) is 1.50. The second-order valence-electron chi connectivity index (χ2n) is 3.77. The van der Waals surface area contributed by atoms with Gasteiger partial charge in [0, 0.05) is 18.2 Å². The number of nitrogens with one attached hydrogen (secondary N) is 1. The second kappa shape index (κ2) is 7.72. The van der Waals surface area contributed by atoms with Gasteiger partial charge in [-0.15, -0.1) is 6.42 Å². The molecule has 0 aromatic heterocycles. The molecule has 0 bridgehead atoms. The first-order chi connectivity index (χ1) is 8.31. The molecule has 0 fully saturated rings. The van der Waals surface area contributed by atoms with Crippen LogP contribution in [0.5, 0.6) is 5.75 Å². The van der Waals surface area contributed by atoms with Gasteiger partial charge in [0.25, 0.3) is 0 Å². The smallest absolute Gasteiger partial charge is 0.148 e. The van der Waals surface area contributed by atoms with E-state index in [1.54, 1.807) is 0 Å². The molecule has 1 unspecified atom stereocenters. The van der Waals surface area contributed by atoms with Crippen molar-refractivity contribution in [2.45, 2.75) is 25.9 Å². The Morgan fingerprint density at radius 2 is 2.24 bits per heavy atom. The molecule has 17 heavy (non-hydrogen) atoms. The number of aliphatic hydroxyl groups is 1. The molecule has 1 aromatic rings. The molecular formula is C14H19NO2. The molecule has 3 nitrogen and oxygen atoms in total. The molecule has 0 saturated carbocycles. The highest BCUT2D eigenvalue weighted by Gasteiger charge is 2.06. The summed E-state index contributed by atoms with van der Waals surface area (Å²) in [6, 6.07) is 7.88. The maximum atomic E-state index is 9.09. The average Bonchev–Trinajstić information content (AvgIpc) is 2.38. The van der Waals surface area contributed by atoms with Crippen molar-refractivity contribution in [3.8, 4) is 18.1 Å². The van der Waals surface area contributed by atoms with Crippen LogP contribution in [0.4, 0.5) is 0 Å². The second-order valence-corrected chi connectivity index (χ2v) is 3.77. The van der Waals surface area contributed by atoms with Gasteiger partial charge in [0.05, 0.1) is 6.61 Å². The van der Waals surface area contributed by atoms with Crippen molar-refractivity contribution >= 4 is 0 Å². The van der Waals surface area contributed by atoms with Crippen molar-refractivity contribution in [2.24, 2.45) is 0 Å². The summed E-state index contributed by atoms with van der Waals surface area (Å²) in [5, 5.41) is 12.4. The van der Waals surface area contributed by atoms with Crippen LogP contribution < -0.4 is 10.1 Å². The van der Waals surface area contributed by atoms with Crippen molar-refractivity contribution < 1.29 is 9.84 Å². The van der Waals surface area contributed by atoms with Gasteiger partial charge in [-0.05, 0) is 12.5 Å². The van der Waals surface area contributed by atoms with Gasteiger partial charge in [0.1, 0.15) is 12.4 Å². The van der Waals surface area contributed by atoms with Crippen LogP contribution in [0.25, 0.3) is 0 Å². The zero-order chi connectivity index (χ0) is 12.5. The van der Waals surface area contributed by atoms with E-state index in [0.717, 1.165) is 17.7 Å². The van der Waals surface area contributed by atoms with Gasteiger partial charge in [-0.2, -0.15) is 0 Å². The number of ether oxygens (including phenoxy) is 1. The molecule has 2 N–H and O–H groups in total. The molecule has 1 aromatic carbocycles. The van der Waals surface area contributed by atoms with Gasteiger partial charge in [-0.1, -0.05) is 31.0 Å². The van der Waals surface area contributed by atoms with Gasteiger partial charge in [-0.3, -0.25) is 0 Å². The van der Waals surface area contributed by atoms with Crippen molar-refractivity contribution in [1.29, 1.82) is 0 Å². The molecule has 0 amide bonds. The number of hydrogen-bond acceptors (Lipinski definition) is 3. The van der Waals surface area contributed by atoms with Gasteiger partial charge in [0.2, 0.25) is 0 Å². The Balaban J connectivity index is 2.60. The van der Waals surface area contributed by atoms with E-state index in [4.69, 9.17) is 16.3 Å². The topological polar surface area (TPSA) is 41.5 Å². The van der Waals surface area contributed by atoms with Gasteiger partial charge in [-0.25, -0.2) is 0 Å². The Labute approximate surface area is 103 Å². The third kappa shape index (κ3) is 4.48. The normalized spacial score (nSPS) is 11.8. The largest absolute Gasteiger partial charge is 0.481 e. The first kappa shape index (κ1) is 13.6. The molecular weight excluding hydrogens is 214 g/mol. The summed E-state index contributed by atoms with van der Waals surface area (Å²) >= 11 is 0. The van der Waals surface area contributed by atoms with Crippen LogP contribution in [0.2, 0.25) is 0 Å². The molecule has 3 heteroatoms. The summed E-state index contributed by atoms with van der Waals surface area (Å²) in [4.78, 5) is 0. The Morgan fingerprint density at radius 1 is 1.47 bits per heavy atom. The van der Waals surface area contributed by atoms with Gasteiger partial charge < -0.3 is 15.2 Å². The Bertz CT molecular complexity index is 367. The first-order valence-corrected chi connectivity index (χ1v) is 5.80. The number of rotatable bonds is 7. The van der Waals surface area contributed by atoms with E-state index in [0.29, 0.717) is 6.54 Å². The summed E-state index contributed by atoms with van der Waals surface area (Å²) < 4.78 is 5.45. The molecule has 0 aliphatic rings. The van der Waals surface area contributed by atoms with Gasteiger partial charge >= 0.3 is 0 Å². The number of aliphatic hydroxyl groups excluding tert-OH is 1. The molecule has 0 aliphatic heterocycles. The Kier molecular flexibility index (Phi) is 6.16. The van der Waals surface area contributed by atoms with E-state index in [1.165, 1.54) is 0 Å². The fraction of sp³-hybridized carbons (Fsp3) is 0.429. The highest BCUT2D eigenvalue weighted by Crippen LogP contribution is 2.17.